The summed E-state index contributed by atoms with van der Waals surface area (Å²) in [6.45, 7) is 2.58. The van der Waals surface area contributed by atoms with Gasteiger partial charge in [-0.2, -0.15) is 0 Å². The second kappa shape index (κ2) is 6.54. The third-order valence-corrected chi connectivity index (χ3v) is 3.39. The van der Waals surface area contributed by atoms with Crippen LogP contribution in [0.4, 0.5) is 0 Å². The standard InChI is InChI=1S/C16H20N2O3/c1-11(16(20)17-2)9-18(3)10-13(19)15-8-12-6-4-5-7-14(12)21-15/h4-8,11H,9-10H2,1-3H3,(H,17,20). The van der Waals surface area contributed by atoms with Crippen LogP contribution in [-0.4, -0.2) is 43.8 Å². The molecule has 1 aromatic heterocycles. The maximum Gasteiger partial charge on any atom is 0.223 e. The average molecular weight is 288 g/mol. The number of hydrogen-bond donors (Lipinski definition) is 1. The maximum atomic E-state index is 12.2. The minimum atomic E-state index is -0.163. The topological polar surface area (TPSA) is 62.6 Å². The molecule has 1 N–H and O–H groups in total. The third kappa shape index (κ3) is 3.70. The SMILES string of the molecule is CNC(=O)C(C)CN(C)CC(=O)c1cc2ccccc2o1. The highest BCUT2D eigenvalue weighted by molar-refractivity contribution is 5.98. The van der Waals surface area contributed by atoms with Gasteiger partial charge in [0.1, 0.15) is 5.58 Å². The Balaban J connectivity index is 1.99. The normalized spacial score (nSPS) is 12.6. The van der Waals surface area contributed by atoms with E-state index in [1.807, 2.05) is 43.1 Å². The van der Waals surface area contributed by atoms with Crippen molar-refractivity contribution >= 4 is 22.7 Å². The number of carbonyl (C=O) groups is 2. The number of carbonyl (C=O) groups excluding carboxylic acids is 2. The second-order valence-electron chi connectivity index (χ2n) is 5.28. The average Bonchev–Trinajstić information content (AvgIpc) is 2.90. The summed E-state index contributed by atoms with van der Waals surface area (Å²) >= 11 is 0. The maximum absolute atomic E-state index is 12.2. The molecule has 21 heavy (non-hydrogen) atoms. The first-order chi connectivity index (χ1) is 10.0. The molecular formula is C16H20N2O3. The number of furan rings is 1. The molecule has 1 aromatic carbocycles. The van der Waals surface area contributed by atoms with Crippen molar-refractivity contribution in [2.45, 2.75) is 6.92 Å². The number of rotatable bonds is 6. The molecule has 1 amide bonds. The van der Waals surface area contributed by atoms with Gasteiger partial charge < -0.3 is 9.73 Å². The Morgan fingerprint density at radius 2 is 2.05 bits per heavy atom. The number of nitrogens with one attached hydrogen (secondary N) is 1. The molecule has 112 valence electrons. The van der Waals surface area contributed by atoms with E-state index in [-0.39, 0.29) is 24.2 Å². The van der Waals surface area contributed by atoms with Crippen LogP contribution in [0, 0.1) is 5.92 Å². The first kappa shape index (κ1) is 15.3. The fourth-order valence-electron chi connectivity index (χ4n) is 2.30. The molecule has 1 atom stereocenters. The molecule has 0 saturated carbocycles. The zero-order chi connectivity index (χ0) is 15.4. The molecule has 5 nitrogen and oxygen atoms in total. The van der Waals surface area contributed by atoms with Crippen molar-refractivity contribution in [2.75, 3.05) is 27.2 Å². The van der Waals surface area contributed by atoms with Crippen LogP contribution in [-0.2, 0) is 4.79 Å². The Morgan fingerprint density at radius 3 is 2.71 bits per heavy atom. The summed E-state index contributed by atoms with van der Waals surface area (Å²) in [5.74, 6) is 0.0787. The first-order valence-corrected chi connectivity index (χ1v) is 6.93. The number of hydrogen-bond acceptors (Lipinski definition) is 4. The Hall–Kier alpha value is -2.14. The van der Waals surface area contributed by atoms with Gasteiger partial charge in [0, 0.05) is 24.9 Å². The van der Waals surface area contributed by atoms with E-state index in [9.17, 15) is 9.59 Å². The van der Waals surface area contributed by atoms with Crippen LogP contribution in [0.2, 0.25) is 0 Å². The number of nitrogens with zero attached hydrogens (tertiary/aromatic N) is 1. The Kier molecular flexibility index (Phi) is 4.75. The molecule has 1 heterocycles. The van der Waals surface area contributed by atoms with E-state index in [4.69, 9.17) is 4.42 Å². The highest BCUT2D eigenvalue weighted by atomic mass is 16.3. The predicted molar refractivity (Wildman–Crippen MR) is 81.3 cm³/mol. The Bertz CT molecular complexity index is 615. The quantitative estimate of drug-likeness (QED) is 0.825. The molecule has 5 heteroatoms. The zero-order valence-corrected chi connectivity index (χ0v) is 12.6. The lowest BCUT2D eigenvalue weighted by Gasteiger charge is -2.19. The minimum Gasteiger partial charge on any atom is -0.453 e. The van der Waals surface area contributed by atoms with Gasteiger partial charge in [-0.3, -0.25) is 14.5 Å². The van der Waals surface area contributed by atoms with Gasteiger partial charge in [0.05, 0.1) is 6.54 Å². The van der Waals surface area contributed by atoms with E-state index < -0.39 is 0 Å². The molecule has 0 saturated heterocycles. The van der Waals surface area contributed by atoms with Crippen LogP contribution < -0.4 is 5.32 Å². The van der Waals surface area contributed by atoms with Gasteiger partial charge in [0.25, 0.3) is 0 Å². The fraction of sp³-hybridized carbons (Fsp3) is 0.375. The van der Waals surface area contributed by atoms with Crippen molar-refractivity contribution < 1.29 is 14.0 Å². The van der Waals surface area contributed by atoms with Crippen molar-refractivity contribution in [3.63, 3.8) is 0 Å². The second-order valence-corrected chi connectivity index (χ2v) is 5.28. The molecule has 0 radical (unpaired) electrons. The highest BCUT2D eigenvalue weighted by Gasteiger charge is 2.18. The van der Waals surface area contributed by atoms with Crippen LogP contribution in [0.5, 0.6) is 0 Å². The summed E-state index contributed by atoms with van der Waals surface area (Å²) in [5.41, 5.74) is 0.710. The lowest BCUT2D eigenvalue weighted by Crippen LogP contribution is -2.36. The number of para-hydroxylation sites is 1. The molecule has 2 aromatic rings. The van der Waals surface area contributed by atoms with E-state index >= 15 is 0 Å². The molecule has 0 aliphatic heterocycles. The Morgan fingerprint density at radius 1 is 1.33 bits per heavy atom. The van der Waals surface area contributed by atoms with Crippen molar-refractivity contribution in [2.24, 2.45) is 5.92 Å². The summed E-state index contributed by atoms with van der Waals surface area (Å²) in [6.07, 6.45) is 0. The number of amides is 1. The largest absolute Gasteiger partial charge is 0.453 e. The van der Waals surface area contributed by atoms with Gasteiger partial charge in [0.15, 0.2) is 5.76 Å². The third-order valence-electron chi connectivity index (χ3n) is 3.39. The number of likely N-dealkylation sites (N-methyl/N-ethyl adjacent to an activating group) is 1. The Labute approximate surface area is 123 Å². The molecule has 0 spiro atoms. The number of fused-ring (bicyclic) bond motifs is 1. The van der Waals surface area contributed by atoms with Crippen molar-refractivity contribution in [3.05, 3.63) is 36.1 Å². The monoisotopic (exact) mass is 288 g/mol. The summed E-state index contributed by atoms with van der Waals surface area (Å²) in [6, 6.07) is 9.28. The van der Waals surface area contributed by atoms with Crippen molar-refractivity contribution in [1.29, 1.82) is 0 Å². The minimum absolute atomic E-state index is 0.0296. The van der Waals surface area contributed by atoms with Gasteiger partial charge >= 0.3 is 0 Å². The van der Waals surface area contributed by atoms with E-state index in [2.05, 4.69) is 5.32 Å². The number of Topliss-reactive ketones (excluding diaryl/α,β-unsaturated/α-hetero) is 1. The lowest BCUT2D eigenvalue weighted by molar-refractivity contribution is -0.124. The molecule has 1 unspecified atom stereocenters. The fourth-order valence-corrected chi connectivity index (χ4v) is 2.30. The predicted octanol–water partition coefficient (Wildman–Crippen LogP) is 1.93. The molecule has 0 fully saturated rings. The summed E-state index contributed by atoms with van der Waals surface area (Å²) in [5, 5.41) is 3.52. The number of ketones is 1. The van der Waals surface area contributed by atoms with Crippen LogP contribution >= 0.6 is 0 Å². The lowest BCUT2D eigenvalue weighted by atomic mass is 10.1. The van der Waals surface area contributed by atoms with Gasteiger partial charge in [0.2, 0.25) is 11.7 Å². The van der Waals surface area contributed by atoms with E-state index in [1.54, 1.807) is 13.1 Å². The van der Waals surface area contributed by atoms with Crippen LogP contribution in [0.3, 0.4) is 0 Å². The van der Waals surface area contributed by atoms with E-state index in [1.165, 1.54) is 0 Å². The molecule has 2 rings (SSSR count). The summed E-state index contributed by atoms with van der Waals surface area (Å²) < 4.78 is 5.55. The van der Waals surface area contributed by atoms with Crippen LogP contribution in [0.25, 0.3) is 11.0 Å². The van der Waals surface area contributed by atoms with Crippen LogP contribution in [0.1, 0.15) is 17.5 Å². The first-order valence-electron chi connectivity index (χ1n) is 6.93. The summed E-state index contributed by atoms with van der Waals surface area (Å²) in [4.78, 5) is 25.5. The van der Waals surface area contributed by atoms with Crippen LogP contribution in [0.15, 0.2) is 34.7 Å². The van der Waals surface area contributed by atoms with Crippen molar-refractivity contribution in [1.82, 2.24) is 10.2 Å². The smallest absolute Gasteiger partial charge is 0.223 e. The van der Waals surface area contributed by atoms with Gasteiger partial charge in [-0.25, -0.2) is 0 Å². The molecule has 0 aliphatic rings. The van der Waals surface area contributed by atoms with E-state index in [0.717, 1.165) is 5.39 Å². The highest BCUT2D eigenvalue weighted by Crippen LogP contribution is 2.19. The zero-order valence-electron chi connectivity index (χ0n) is 12.6. The van der Waals surface area contributed by atoms with Gasteiger partial charge in [-0.1, -0.05) is 25.1 Å². The number of benzene rings is 1. The molecule has 0 aliphatic carbocycles. The molecule has 0 bridgehead atoms. The van der Waals surface area contributed by atoms with Crippen molar-refractivity contribution in [3.8, 4) is 0 Å². The van der Waals surface area contributed by atoms with E-state index in [0.29, 0.717) is 17.9 Å². The van der Waals surface area contributed by atoms with Gasteiger partial charge in [-0.15, -0.1) is 0 Å². The summed E-state index contributed by atoms with van der Waals surface area (Å²) in [7, 11) is 3.43. The molecular weight excluding hydrogens is 268 g/mol. The van der Waals surface area contributed by atoms with Gasteiger partial charge in [-0.05, 0) is 19.2 Å².